The maximum absolute atomic E-state index is 5.72. The second-order valence-electron chi connectivity index (χ2n) is 5.53. The van der Waals surface area contributed by atoms with Crippen molar-refractivity contribution in [3.8, 4) is 0 Å². The second kappa shape index (κ2) is 5.66. The van der Waals surface area contributed by atoms with Gasteiger partial charge in [-0.3, -0.25) is 4.98 Å². The van der Waals surface area contributed by atoms with Gasteiger partial charge in [0.05, 0.1) is 11.7 Å². The molecular formula is C12H18IN3OSi. The van der Waals surface area contributed by atoms with Gasteiger partial charge in [-0.25, -0.2) is 4.68 Å². The van der Waals surface area contributed by atoms with Crippen LogP contribution in [-0.4, -0.2) is 29.4 Å². The van der Waals surface area contributed by atoms with Crippen LogP contribution in [-0.2, 0) is 11.5 Å². The summed E-state index contributed by atoms with van der Waals surface area (Å²) in [5, 5.41) is 5.61. The predicted octanol–water partition coefficient (Wildman–Crippen LogP) is 3.35. The number of halogens is 1. The summed E-state index contributed by atoms with van der Waals surface area (Å²) in [5.74, 6) is 0. The van der Waals surface area contributed by atoms with E-state index in [4.69, 9.17) is 4.74 Å². The monoisotopic (exact) mass is 375 g/mol. The molecule has 0 atom stereocenters. The minimum atomic E-state index is -1.01. The van der Waals surface area contributed by atoms with Crippen molar-refractivity contribution < 1.29 is 4.74 Å². The van der Waals surface area contributed by atoms with E-state index >= 15 is 0 Å². The standard InChI is InChI=1S/C12H18IN3OSi/c1-18(2,3)7-6-17-9-16-11-8-14-5-4-10(11)12(13)15-16/h4-5,8H,6-7,9H2,1-3H3. The normalized spacial score (nSPS) is 12.2. The molecule has 0 fully saturated rings. The van der Waals surface area contributed by atoms with Crippen LogP contribution >= 0.6 is 22.6 Å². The van der Waals surface area contributed by atoms with Crippen molar-refractivity contribution in [2.75, 3.05) is 6.61 Å². The lowest BCUT2D eigenvalue weighted by Gasteiger charge is -2.15. The van der Waals surface area contributed by atoms with Gasteiger partial charge in [0, 0.05) is 26.3 Å². The van der Waals surface area contributed by atoms with Crippen LogP contribution in [0.5, 0.6) is 0 Å². The molecule has 98 valence electrons. The Balaban J connectivity index is 2.00. The van der Waals surface area contributed by atoms with E-state index in [1.54, 1.807) is 6.20 Å². The van der Waals surface area contributed by atoms with Gasteiger partial charge in [0.15, 0.2) is 0 Å². The third kappa shape index (κ3) is 3.52. The molecule has 6 heteroatoms. The molecule has 2 aromatic heterocycles. The lowest BCUT2D eigenvalue weighted by atomic mass is 10.3. The molecule has 0 aliphatic carbocycles. The summed E-state index contributed by atoms with van der Waals surface area (Å²) in [6.45, 7) is 8.38. The number of ether oxygens (including phenoxy) is 1. The number of pyridine rings is 1. The fourth-order valence-corrected chi connectivity index (χ4v) is 3.08. The third-order valence-corrected chi connectivity index (χ3v) is 5.22. The van der Waals surface area contributed by atoms with Gasteiger partial charge < -0.3 is 4.74 Å². The van der Waals surface area contributed by atoms with Crippen LogP contribution in [0.3, 0.4) is 0 Å². The molecule has 0 aliphatic rings. The Morgan fingerprint density at radius 1 is 1.39 bits per heavy atom. The van der Waals surface area contributed by atoms with E-state index in [0.717, 1.165) is 21.2 Å². The van der Waals surface area contributed by atoms with Crippen molar-refractivity contribution >= 4 is 41.6 Å². The molecule has 0 bridgehead atoms. The summed E-state index contributed by atoms with van der Waals surface area (Å²) in [6.07, 6.45) is 3.63. The molecule has 0 radical (unpaired) electrons. The van der Waals surface area contributed by atoms with Crippen molar-refractivity contribution in [1.82, 2.24) is 14.8 Å². The highest BCUT2D eigenvalue weighted by Gasteiger charge is 2.13. The summed E-state index contributed by atoms with van der Waals surface area (Å²) in [6, 6.07) is 3.17. The first-order chi connectivity index (χ1) is 8.47. The maximum atomic E-state index is 5.72. The van der Waals surface area contributed by atoms with Gasteiger partial charge >= 0.3 is 0 Å². The average molecular weight is 375 g/mol. The van der Waals surface area contributed by atoms with Gasteiger partial charge in [-0.15, -0.1) is 0 Å². The van der Waals surface area contributed by atoms with Crippen molar-refractivity contribution in [3.05, 3.63) is 22.2 Å². The maximum Gasteiger partial charge on any atom is 0.140 e. The van der Waals surface area contributed by atoms with Gasteiger partial charge in [0.1, 0.15) is 10.4 Å². The fraction of sp³-hybridized carbons (Fsp3) is 0.500. The molecule has 0 saturated carbocycles. The second-order valence-corrected chi connectivity index (χ2v) is 12.2. The lowest BCUT2D eigenvalue weighted by molar-refractivity contribution is 0.0814. The number of rotatable bonds is 5. The fourth-order valence-electron chi connectivity index (χ4n) is 1.61. The number of hydrogen-bond acceptors (Lipinski definition) is 3. The zero-order chi connectivity index (χ0) is 13.2. The molecule has 0 aromatic carbocycles. The molecule has 0 spiro atoms. The third-order valence-electron chi connectivity index (χ3n) is 2.72. The van der Waals surface area contributed by atoms with Gasteiger partial charge in [0.2, 0.25) is 0 Å². The van der Waals surface area contributed by atoms with E-state index in [0.29, 0.717) is 6.73 Å². The Hall–Kier alpha value is -0.473. The highest BCUT2D eigenvalue weighted by atomic mass is 127. The Morgan fingerprint density at radius 3 is 2.89 bits per heavy atom. The molecule has 2 heterocycles. The van der Waals surface area contributed by atoms with Crippen LogP contribution in [0.2, 0.25) is 25.7 Å². The van der Waals surface area contributed by atoms with Crippen molar-refractivity contribution in [3.63, 3.8) is 0 Å². The summed E-state index contributed by atoms with van der Waals surface area (Å²) in [7, 11) is -1.01. The Bertz CT molecular complexity index is 536. The molecule has 18 heavy (non-hydrogen) atoms. The number of nitrogens with zero attached hydrogens (tertiary/aromatic N) is 3. The molecule has 0 saturated heterocycles. The quantitative estimate of drug-likeness (QED) is 0.457. The minimum absolute atomic E-state index is 0.510. The summed E-state index contributed by atoms with van der Waals surface area (Å²) >= 11 is 2.24. The minimum Gasteiger partial charge on any atom is -0.360 e. The summed E-state index contributed by atoms with van der Waals surface area (Å²) < 4.78 is 8.60. The molecule has 0 unspecified atom stereocenters. The smallest absolute Gasteiger partial charge is 0.140 e. The SMILES string of the molecule is C[Si](C)(C)CCOCn1nc(I)c2ccncc21. The Morgan fingerprint density at radius 2 is 2.17 bits per heavy atom. The summed E-state index contributed by atoms with van der Waals surface area (Å²) in [5.41, 5.74) is 1.04. The first-order valence-electron chi connectivity index (χ1n) is 6.01. The highest BCUT2D eigenvalue weighted by molar-refractivity contribution is 14.1. The van der Waals surface area contributed by atoms with Crippen molar-refractivity contribution in [2.45, 2.75) is 32.4 Å². The number of aromatic nitrogens is 3. The zero-order valence-electron chi connectivity index (χ0n) is 11.0. The predicted molar refractivity (Wildman–Crippen MR) is 84.4 cm³/mol. The van der Waals surface area contributed by atoms with Crippen LogP contribution in [0.15, 0.2) is 18.5 Å². The van der Waals surface area contributed by atoms with E-state index in [9.17, 15) is 0 Å². The summed E-state index contributed by atoms with van der Waals surface area (Å²) in [4.78, 5) is 4.14. The lowest BCUT2D eigenvalue weighted by Crippen LogP contribution is -2.22. The van der Waals surface area contributed by atoms with E-state index in [-0.39, 0.29) is 0 Å². The van der Waals surface area contributed by atoms with E-state index in [1.165, 1.54) is 6.04 Å². The van der Waals surface area contributed by atoms with E-state index < -0.39 is 8.07 Å². The van der Waals surface area contributed by atoms with E-state index in [1.807, 2.05) is 16.9 Å². The van der Waals surface area contributed by atoms with Gasteiger partial charge in [-0.2, -0.15) is 5.10 Å². The van der Waals surface area contributed by atoms with Gasteiger partial charge in [-0.1, -0.05) is 19.6 Å². The first-order valence-corrected chi connectivity index (χ1v) is 10.8. The molecule has 4 nitrogen and oxygen atoms in total. The van der Waals surface area contributed by atoms with Crippen molar-refractivity contribution in [2.24, 2.45) is 0 Å². The van der Waals surface area contributed by atoms with Crippen LogP contribution in [0.4, 0.5) is 0 Å². The largest absolute Gasteiger partial charge is 0.360 e. The Kier molecular flexibility index (Phi) is 4.39. The first kappa shape index (κ1) is 13.9. The molecule has 2 rings (SSSR count). The van der Waals surface area contributed by atoms with Gasteiger partial charge in [-0.05, 0) is 34.7 Å². The highest BCUT2D eigenvalue weighted by Crippen LogP contribution is 2.18. The number of hydrogen-bond donors (Lipinski definition) is 0. The molecular weight excluding hydrogens is 357 g/mol. The van der Waals surface area contributed by atoms with E-state index in [2.05, 4.69) is 52.3 Å². The van der Waals surface area contributed by atoms with Crippen LogP contribution in [0.25, 0.3) is 10.9 Å². The molecule has 0 amide bonds. The van der Waals surface area contributed by atoms with Crippen LogP contribution in [0, 0.1) is 3.70 Å². The Labute approximate surface area is 122 Å². The molecule has 0 N–H and O–H groups in total. The van der Waals surface area contributed by atoms with Gasteiger partial charge in [0.25, 0.3) is 0 Å². The molecule has 2 aromatic rings. The topological polar surface area (TPSA) is 39.9 Å². The van der Waals surface area contributed by atoms with Crippen molar-refractivity contribution in [1.29, 1.82) is 0 Å². The zero-order valence-corrected chi connectivity index (χ0v) is 14.1. The molecule has 0 aliphatic heterocycles. The average Bonchev–Trinajstić information content (AvgIpc) is 2.62. The van der Waals surface area contributed by atoms with Crippen LogP contribution in [0.1, 0.15) is 0 Å². The number of fused-ring (bicyclic) bond motifs is 1. The van der Waals surface area contributed by atoms with Crippen LogP contribution < -0.4 is 0 Å².